The first kappa shape index (κ1) is 14.5. The minimum absolute atomic E-state index is 0.260. The number of nitrogens with zero attached hydrogens (tertiary/aromatic N) is 1. The topological polar surface area (TPSA) is 69.6 Å². The van der Waals surface area contributed by atoms with Crippen molar-refractivity contribution in [1.29, 1.82) is 0 Å². The summed E-state index contributed by atoms with van der Waals surface area (Å²) in [5.41, 5.74) is 1.22. The van der Waals surface area contributed by atoms with Crippen molar-refractivity contribution in [2.24, 2.45) is 0 Å². The zero-order chi connectivity index (χ0) is 14.4. The van der Waals surface area contributed by atoms with Crippen molar-refractivity contribution in [3.63, 3.8) is 0 Å². The molecule has 0 bridgehead atoms. The summed E-state index contributed by atoms with van der Waals surface area (Å²) in [4.78, 5) is 24.8. The van der Waals surface area contributed by atoms with E-state index in [1.807, 2.05) is 30.3 Å². The van der Waals surface area contributed by atoms with Crippen molar-refractivity contribution in [2.45, 2.75) is 25.4 Å². The first-order valence-corrected chi connectivity index (χ1v) is 6.96. The molecule has 1 aliphatic heterocycles. The van der Waals surface area contributed by atoms with Crippen LogP contribution in [-0.2, 0) is 16.0 Å². The average Bonchev–Trinajstić information content (AvgIpc) is 2.90. The molecule has 1 saturated heterocycles. The number of carbonyl (C=O) groups excluding carboxylic acids is 2. The molecule has 1 aromatic carbocycles. The largest absolute Gasteiger partial charge is 0.391 e. The Morgan fingerprint density at radius 2 is 2.05 bits per heavy atom. The van der Waals surface area contributed by atoms with Gasteiger partial charge in [0.15, 0.2) is 0 Å². The van der Waals surface area contributed by atoms with Gasteiger partial charge in [0.1, 0.15) is 0 Å². The zero-order valence-electron chi connectivity index (χ0n) is 11.4. The summed E-state index contributed by atoms with van der Waals surface area (Å²) in [6, 6.07) is 10.0. The Balaban J connectivity index is 1.66. The lowest BCUT2D eigenvalue weighted by Crippen LogP contribution is -2.42. The third kappa shape index (κ3) is 4.06. The Morgan fingerprint density at radius 1 is 1.30 bits per heavy atom. The van der Waals surface area contributed by atoms with E-state index < -0.39 is 17.9 Å². The molecular formula is C15H20N2O3. The summed E-state index contributed by atoms with van der Waals surface area (Å²) in [5.74, 6) is -1.12. The van der Waals surface area contributed by atoms with Gasteiger partial charge < -0.3 is 15.3 Å². The smallest absolute Gasteiger partial charge is 0.311 e. The van der Waals surface area contributed by atoms with E-state index in [0.29, 0.717) is 19.5 Å². The average molecular weight is 276 g/mol. The van der Waals surface area contributed by atoms with Crippen LogP contribution in [0.4, 0.5) is 0 Å². The fourth-order valence-electron chi connectivity index (χ4n) is 2.28. The highest BCUT2D eigenvalue weighted by atomic mass is 16.3. The molecule has 2 N–H and O–H groups in total. The van der Waals surface area contributed by atoms with Gasteiger partial charge in [-0.05, 0) is 24.8 Å². The normalized spacial score (nSPS) is 18.1. The third-order valence-electron chi connectivity index (χ3n) is 3.42. The van der Waals surface area contributed by atoms with Crippen LogP contribution in [0.1, 0.15) is 18.4 Å². The number of amides is 2. The van der Waals surface area contributed by atoms with Crippen LogP contribution in [0.3, 0.4) is 0 Å². The lowest BCUT2D eigenvalue weighted by Gasteiger charge is -2.14. The van der Waals surface area contributed by atoms with Crippen LogP contribution in [0.25, 0.3) is 0 Å². The maximum absolute atomic E-state index is 11.8. The number of nitrogens with one attached hydrogen (secondary N) is 1. The third-order valence-corrected chi connectivity index (χ3v) is 3.42. The molecule has 108 valence electrons. The molecule has 0 spiro atoms. The maximum atomic E-state index is 11.8. The zero-order valence-corrected chi connectivity index (χ0v) is 11.4. The minimum Gasteiger partial charge on any atom is -0.391 e. The molecule has 1 fully saturated rings. The summed E-state index contributed by atoms with van der Waals surface area (Å²) in [5, 5.41) is 12.0. The van der Waals surface area contributed by atoms with Crippen molar-refractivity contribution in [3.8, 4) is 0 Å². The first-order valence-electron chi connectivity index (χ1n) is 6.96. The van der Waals surface area contributed by atoms with E-state index in [1.54, 1.807) is 0 Å². The second kappa shape index (κ2) is 7.05. The van der Waals surface area contributed by atoms with E-state index in [4.69, 9.17) is 0 Å². The molecule has 2 rings (SSSR count). The summed E-state index contributed by atoms with van der Waals surface area (Å²) < 4.78 is 0. The Bertz CT molecular complexity index is 461. The molecule has 1 aliphatic rings. The number of likely N-dealkylation sites (tertiary alicyclic amines) is 1. The first-order chi connectivity index (χ1) is 9.66. The standard InChI is InChI=1S/C15H20N2O3/c18-13-8-10-17(11-13)15(20)14(19)16-9-4-7-12-5-2-1-3-6-12/h1-3,5-6,13,18H,4,7-11H2,(H,16,19)/t13-/m1/s1. The number of aryl methyl sites for hydroxylation is 1. The van der Waals surface area contributed by atoms with E-state index in [2.05, 4.69) is 5.32 Å². The van der Waals surface area contributed by atoms with E-state index >= 15 is 0 Å². The second-order valence-corrected chi connectivity index (χ2v) is 5.04. The highest BCUT2D eigenvalue weighted by Gasteiger charge is 2.28. The van der Waals surface area contributed by atoms with Crippen LogP contribution in [0.2, 0.25) is 0 Å². The van der Waals surface area contributed by atoms with Crippen LogP contribution in [0.5, 0.6) is 0 Å². The van der Waals surface area contributed by atoms with Crippen LogP contribution >= 0.6 is 0 Å². The van der Waals surface area contributed by atoms with E-state index in [0.717, 1.165) is 12.8 Å². The summed E-state index contributed by atoms with van der Waals surface area (Å²) in [7, 11) is 0. The molecule has 0 aromatic heterocycles. The quantitative estimate of drug-likeness (QED) is 0.615. The second-order valence-electron chi connectivity index (χ2n) is 5.04. The lowest BCUT2D eigenvalue weighted by atomic mass is 10.1. The molecule has 2 amide bonds. The van der Waals surface area contributed by atoms with Gasteiger partial charge in [0.2, 0.25) is 0 Å². The number of hydrogen-bond donors (Lipinski definition) is 2. The predicted octanol–water partition coefficient (Wildman–Crippen LogP) is 0.329. The molecule has 0 saturated carbocycles. The highest BCUT2D eigenvalue weighted by Crippen LogP contribution is 2.08. The number of β-amino-alcohol motifs (C(OH)–C–C–N with tert-alkyl or cyclic N) is 1. The number of carbonyl (C=O) groups is 2. The monoisotopic (exact) mass is 276 g/mol. The van der Waals surface area contributed by atoms with Crippen molar-refractivity contribution < 1.29 is 14.7 Å². The van der Waals surface area contributed by atoms with Gasteiger partial charge in [0, 0.05) is 19.6 Å². The Hall–Kier alpha value is -1.88. The van der Waals surface area contributed by atoms with Gasteiger partial charge >= 0.3 is 11.8 Å². The predicted molar refractivity (Wildman–Crippen MR) is 75.0 cm³/mol. The number of rotatable bonds is 4. The van der Waals surface area contributed by atoms with Crippen LogP contribution in [-0.4, -0.2) is 47.6 Å². The number of aliphatic hydroxyl groups is 1. The lowest BCUT2D eigenvalue weighted by molar-refractivity contribution is -0.145. The molecule has 1 atom stereocenters. The van der Waals surface area contributed by atoms with Gasteiger partial charge in [-0.3, -0.25) is 9.59 Å². The van der Waals surface area contributed by atoms with Crippen LogP contribution in [0, 0.1) is 0 Å². The number of benzene rings is 1. The highest BCUT2D eigenvalue weighted by molar-refractivity contribution is 6.35. The van der Waals surface area contributed by atoms with Gasteiger partial charge in [-0.1, -0.05) is 30.3 Å². The summed E-state index contributed by atoms with van der Waals surface area (Å²) in [6.45, 7) is 1.20. The minimum atomic E-state index is -0.577. The molecule has 5 nitrogen and oxygen atoms in total. The van der Waals surface area contributed by atoms with Crippen molar-refractivity contribution >= 4 is 11.8 Å². The fourth-order valence-corrected chi connectivity index (χ4v) is 2.28. The van der Waals surface area contributed by atoms with Crippen molar-refractivity contribution in [1.82, 2.24) is 10.2 Å². The summed E-state index contributed by atoms with van der Waals surface area (Å²) >= 11 is 0. The Kier molecular flexibility index (Phi) is 5.12. The van der Waals surface area contributed by atoms with E-state index in [9.17, 15) is 14.7 Å². The molecule has 0 radical (unpaired) electrons. The molecular weight excluding hydrogens is 256 g/mol. The molecule has 0 unspecified atom stereocenters. The van der Waals surface area contributed by atoms with E-state index in [1.165, 1.54) is 10.5 Å². The Morgan fingerprint density at radius 3 is 2.70 bits per heavy atom. The molecule has 1 heterocycles. The maximum Gasteiger partial charge on any atom is 0.311 e. The van der Waals surface area contributed by atoms with Gasteiger partial charge in [-0.2, -0.15) is 0 Å². The van der Waals surface area contributed by atoms with Crippen molar-refractivity contribution in [3.05, 3.63) is 35.9 Å². The SMILES string of the molecule is O=C(NCCCc1ccccc1)C(=O)N1CC[C@@H](O)C1. The summed E-state index contributed by atoms with van der Waals surface area (Å²) in [6.07, 6.45) is 1.72. The van der Waals surface area contributed by atoms with Gasteiger partial charge in [-0.15, -0.1) is 0 Å². The van der Waals surface area contributed by atoms with Gasteiger partial charge in [-0.25, -0.2) is 0 Å². The molecule has 5 heteroatoms. The molecule has 1 aromatic rings. The fraction of sp³-hybridized carbons (Fsp3) is 0.467. The molecule has 20 heavy (non-hydrogen) atoms. The van der Waals surface area contributed by atoms with Gasteiger partial charge in [0.25, 0.3) is 0 Å². The Labute approximate surface area is 118 Å². The van der Waals surface area contributed by atoms with Crippen molar-refractivity contribution in [2.75, 3.05) is 19.6 Å². The number of aliphatic hydroxyl groups excluding tert-OH is 1. The van der Waals surface area contributed by atoms with Crippen LogP contribution in [0.15, 0.2) is 30.3 Å². The van der Waals surface area contributed by atoms with E-state index in [-0.39, 0.29) is 6.54 Å². The number of hydrogen-bond acceptors (Lipinski definition) is 3. The van der Waals surface area contributed by atoms with Gasteiger partial charge in [0.05, 0.1) is 6.10 Å². The molecule has 0 aliphatic carbocycles. The van der Waals surface area contributed by atoms with Crippen LogP contribution < -0.4 is 5.32 Å².